The number of piperazine rings is 1. The van der Waals surface area contributed by atoms with Crippen LogP contribution in [0.5, 0.6) is 0 Å². The molecule has 0 amide bonds. The van der Waals surface area contributed by atoms with Crippen molar-refractivity contribution in [2.75, 3.05) is 70.9 Å². The van der Waals surface area contributed by atoms with E-state index in [-0.39, 0.29) is 24.0 Å². The van der Waals surface area contributed by atoms with E-state index in [1.165, 1.54) is 11.3 Å². The van der Waals surface area contributed by atoms with E-state index in [0.29, 0.717) is 6.10 Å². The fourth-order valence-electron chi connectivity index (χ4n) is 4.36. The SMILES string of the molecule is CCOC1CCN(C(=NC)NCCCN2CCN(c3cccc(C)c3)CC2)CC1.I. The Hall–Kier alpha value is -1.06. The highest BCUT2D eigenvalue weighted by Gasteiger charge is 2.21. The summed E-state index contributed by atoms with van der Waals surface area (Å²) in [7, 11) is 1.89. The predicted molar refractivity (Wildman–Crippen MR) is 137 cm³/mol. The van der Waals surface area contributed by atoms with E-state index in [1.807, 2.05) is 7.05 Å². The summed E-state index contributed by atoms with van der Waals surface area (Å²) in [6.07, 6.45) is 3.77. The van der Waals surface area contributed by atoms with Gasteiger partial charge in [0.05, 0.1) is 6.10 Å². The Morgan fingerprint density at radius 3 is 2.50 bits per heavy atom. The van der Waals surface area contributed by atoms with E-state index in [4.69, 9.17) is 4.74 Å². The largest absolute Gasteiger partial charge is 0.378 e. The maximum absolute atomic E-state index is 5.76. The summed E-state index contributed by atoms with van der Waals surface area (Å²) in [6.45, 7) is 13.8. The number of hydrogen-bond acceptors (Lipinski definition) is 4. The number of aliphatic imine (C=N–C) groups is 1. The second-order valence-electron chi connectivity index (χ2n) is 8.14. The molecule has 0 atom stereocenters. The standard InChI is InChI=1S/C23H39N5O.HI/c1-4-29-22-9-13-28(14-10-22)23(24-3)25-11-6-12-26-15-17-27(18-16-26)21-8-5-7-20(2)19-21;/h5,7-8,19,22H,4,6,9-18H2,1-3H3,(H,24,25);1H. The van der Waals surface area contributed by atoms with E-state index < -0.39 is 0 Å². The minimum atomic E-state index is 0. The van der Waals surface area contributed by atoms with Gasteiger partial charge in [0.1, 0.15) is 0 Å². The van der Waals surface area contributed by atoms with Crippen LogP contribution in [0.25, 0.3) is 0 Å². The van der Waals surface area contributed by atoms with Crippen molar-refractivity contribution in [1.82, 2.24) is 15.1 Å². The van der Waals surface area contributed by atoms with Gasteiger partial charge in [-0.25, -0.2) is 0 Å². The van der Waals surface area contributed by atoms with E-state index in [2.05, 4.69) is 63.1 Å². The zero-order chi connectivity index (χ0) is 20.5. The third kappa shape index (κ3) is 7.57. The molecule has 0 radical (unpaired) electrons. The molecule has 30 heavy (non-hydrogen) atoms. The number of nitrogens with zero attached hydrogens (tertiary/aromatic N) is 4. The smallest absolute Gasteiger partial charge is 0.193 e. The predicted octanol–water partition coefficient (Wildman–Crippen LogP) is 3.20. The topological polar surface area (TPSA) is 43.3 Å². The van der Waals surface area contributed by atoms with Gasteiger partial charge in [-0.05, 0) is 57.4 Å². The number of halogens is 1. The lowest BCUT2D eigenvalue weighted by Crippen LogP contribution is -2.48. The summed E-state index contributed by atoms with van der Waals surface area (Å²) in [5.74, 6) is 1.05. The molecule has 2 aliphatic heterocycles. The highest BCUT2D eigenvalue weighted by molar-refractivity contribution is 14.0. The Labute approximate surface area is 200 Å². The molecule has 0 aliphatic carbocycles. The Bertz CT molecular complexity index is 640. The Morgan fingerprint density at radius 2 is 1.87 bits per heavy atom. The number of nitrogens with one attached hydrogen (secondary N) is 1. The van der Waals surface area contributed by atoms with Crippen molar-refractivity contribution in [3.05, 3.63) is 29.8 Å². The minimum absolute atomic E-state index is 0. The van der Waals surface area contributed by atoms with E-state index in [1.54, 1.807) is 0 Å². The van der Waals surface area contributed by atoms with Gasteiger partial charge in [0, 0.05) is 65.2 Å². The van der Waals surface area contributed by atoms with Gasteiger partial charge in [-0.3, -0.25) is 9.89 Å². The van der Waals surface area contributed by atoms with Crippen molar-refractivity contribution in [2.24, 2.45) is 4.99 Å². The molecule has 0 saturated carbocycles. The molecule has 170 valence electrons. The lowest BCUT2D eigenvalue weighted by Gasteiger charge is -2.36. The van der Waals surface area contributed by atoms with Gasteiger partial charge >= 0.3 is 0 Å². The first-order valence-electron chi connectivity index (χ1n) is 11.3. The number of guanidine groups is 1. The molecule has 1 aromatic rings. The Balaban J connectivity index is 0.00000320. The van der Waals surface area contributed by atoms with Crippen LogP contribution in [0.2, 0.25) is 0 Å². The molecule has 2 heterocycles. The summed E-state index contributed by atoms with van der Waals surface area (Å²) in [6, 6.07) is 8.86. The number of piperidine rings is 1. The molecule has 2 fully saturated rings. The third-order valence-electron chi connectivity index (χ3n) is 6.03. The number of ether oxygens (including phenoxy) is 1. The molecule has 1 aromatic carbocycles. The monoisotopic (exact) mass is 529 g/mol. The van der Waals surface area contributed by atoms with Crippen LogP contribution < -0.4 is 10.2 Å². The minimum Gasteiger partial charge on any atom is -0.378 e. The molecule has 2 aliphatic rings. The maximum Gasteiger partial charge on any atom is 0.193 e. The number of rotatable bonds is 7. The number of hydrogen-bond donors (Lipinski definition) is 1. The number of anilines is 1. The molecule has 0 unspecified atom stereocenters. The Morgan fingerprint density at radius 1 is 1.13 bits per heavy atom. The van der Waals surface area contributed by atoms with Crippen LogP contribution in [0, 0.1) is 6.92 Å². The quantitative estimate of drug-likeness (QED) is 0.255. The van der Waals surface area contributed by atoms with Gasteiger partial charge in [-0.2, -0.15) is 0 Å². The van der Waals surface area contributed by atoms with Gasteiger partial charge in [-0.1, -0.05) is 12.1 Å². The molecule has 6 nitrogen and oxygen atoms in total. The van der Waals surface area contributed by atoms with Crippen LogP contribution in [0.4, 0.5) is 5.69 Å². The molecule has 0 spiro atoms. The van der Waals surface area contributed by atoms with Gasteiger partial charge < -0.3 is 19.9 Å². The van der Waals surface area contributed by atoms with E-state index >= 15 is 0 Å². The second-order valence-corrected chi connectivity index (χ2v) is 8.14. The van der Waals surface area contributed by atoms with Crippen LogP contribution in [-0.2, 0) is 4.74 Å². The fourth-order valence-corrected chi connectivity index (χ4v) is 4.36. The first-order chi connectivity index (χ1) is 14.2. The van der Waals surface area contributed by atoms with E-state index in [0.717, 1.165) is 84.2 Å². The van der Waals surface area contributed by atoms with Crippen molar-refractivity contribution in [3.63, 3.8) is 0 Å². The maximum atomic E-state index is 5.76. The zero-order valence-corrected chi connectivity index (χ0v) is 21.3. The third-order valence-corrected chi connectivity index (χ3v) is 6.03. The van der Waals surface area contributed by atoms with Crippen molar-refractivity contribution in [1.29, 1.82) is 0 Å². The molecular weight excluding hydrogens is 489 g/mol. The van der Waals surface area contributed by atoms with Gasteiger partial charge in [0.25, 0.3) is 0 Å². The molecular formula is C23H40IN5O. The first kappa shape index (κ1) is 25.2. The molecule has 7 heteroatoms. The fraction of sp³-hybridized carbons (Fsp3) is 0.696. The Kier molecular flexibility index (Phi) is 11.2. The van der Waals surface area contributed by atoms with Crippen LogP contribution >= 0.6 is 24.0 Å². The number of likely N-dealkylation sites (tertiary alicyclic amines) is 1. The lowest BCUT2D eigenvalue weighted by molar-refractivity contribution is 0.0264. The molecule has 3 rings (SSSR count). The highest BCUT2D eigenvalue weighted by Crippen LogP contribution is 2.18. The summed E-state index contributed by atoms with van der Waals surface area (Å²) < 4.78 is 5.76. The van der Waals surface area contributed by atoms with Crippen molar-refractivity contribution < 1.29 is 4.74 Å². The molecule has 0 bridgehead atoms. The molecule has 2 saturated heterocycles. The van der Waals surface area contributed by atoms with E-state index in [9.17, 15) is 0 Å². The van der Waals surface area contributed by atoms with Crippen LogP contribution in [0.1, 0.15) is 31.7 Å². The summed E-state index contributed by atoms with van der Waals surface area (Å²) in [5, 5.41) is 3.56. The van der Waals surface area contributed by atoms with Crippen LogP contribution in [0.15, 0.2) is 29.3 Å². The van der Waals surface area contributed by atoms with Gasteiger partial charge in [0.2, 0.25) is 0 Å². The van der Waals surface area contributed by atoms with Crippen molar-refractivity contribution >= 4 is 35.6 Å². The van der Waals surface area contributed by atoms with Crippen LogP contribution in [0.3, 0.4) is 0 Å². The summed E-state index contributed by atoms with van der Waals surface area (Å²) in [4.78, 5) is 12.0. The van der Waals surface area contributed by atoms with Gasteiger partial charge in [0.15, 0.2) is 5.96 Å². The lowest BCUT2D eigenvalue weighted by atomic mass is 10.1. The average molecular weight is 530 g/mol. The normalized spacial score (nSPS) is 19.0. The molecule has 1 N–H and O–H groups in total. The van der Waals surface area contributed by atoms with Gasteiger partial charge in [-0.15, -0.1) is 24.0 Å². The summed E-state index contributed by atoms with van der Waals surface area (Å²) >= 11 is 0. The first-order valence-corrected chi connectivity index (χ1v) is 11.3. The average Bonchev–Trinajstić information content (AvgIpc) is 2.75. The zero-order valence-electron chi connectivity index (χ0n) is 19.0. The highest BCUT2D eigenvalue weighted by atomic mass is 127. The number of aryl methyl sites for hydroxylation is 1. The second kappa shape index (κ2) is 13.4. The van der Waals surface area contributed by atoms with Crippen molar-refractivity contribution in [2.45, 2.75) is 39.2 Å². The number of benzene rings is 1. The van der Waals surface area contributed by atoms with Crippen molar-refractivity contribution in [3.8, 4) is 0 Å². The molecule has 0 aromatic heterocycles. The van der Waals surface area contributed by atoms with Crippen LogP contribution in [-0.4, -0.2) is 87.9 Å². The summed E-state index contributed by atoms with van der Waals surface area (Å²) in [5.41, 5.74) is 2.70.